The molecule has 0 aromatic carbocycles. The highest BCUT2D eigenvalue weighted by molar-refractivity contribution is 5.92. The summed E-state index contributed by atoms with van der Waals surface area (Å²) < 4.78 is 0. The number of anilines is 1. The lowest BCUT2D eigenvalue weighted by molar-refractivity contribution is -0.00220. The Hall–Kier alpha value is -1.69. The molecule has 0 atom stereocenters. The maximum absolute atomic E-state index is 12.2. The van der Waals surface area contributed by atoms with Crippen LogP contribution < -0.4 is 5.32 Å². The molecule has 0 bridgehead atoms. The van der Waals surface area contributed by atoms with Crippen molar-refractivity contribution in [1.82, 2.24) is 14.9 Å². The SMILES string of the molecule is CCNc1cnc(C(=O)N2CCC(C)(O)CC2)cn1. The van der Waals surface area contributed by atoms with E-state index in [1.807, 2.05) is 6.92 Å². The highest BCUT2D eigenvalue weighted by Gasteiger charge is 2.30. The Morgan fingerprint density at radius 1 is 1.42 bits per heavy atom. The van der Waals surface area contributed by atoms with Gasteiger partial charge < -0.3 is 15.3 Å². The molecule has 1 aromatic heterocycles. The standard InChI is InChI=1S/C13H20N4O2/c1-3-14-11-9-15-10(8-16-11)12(18)17-6-4-13(2,19)5-7-17/h8-9,19H,3-7H2,1-2H3,(H,14,16). The minimum atomic E-state index is -0.655. The van der Waals surface area contributed by atoms with Crippen molar-refractivity contribution in [2.45, 2.75) is 32.3 Å². The molecule has 2 heterocycles. The molecule has 6 nitrogen and oxygen atoms in total. The van der Waals surface area contributed by atoms with Crippen LogP contribution in [0.4, 0.5) is 5.82 Å². The van der Waals surface area contributed by atoms with E-state index in [-0.39, 0.29) is 5.91 Å². The first kappa shape index (κ1) is 13.7. The van der Waals surface area contributed by atoms with Gasteiger partial charge in [-0.1, -0.05) is 0 Å². The third kappa shape index (κ3) is 3.41. The van der Waals surface area contributed by atoms with Crippen molar-refractivity contribution in [3.05, 3.63) is 18.1 Å². The van der Waals surface area contributed by atoms with Crippen molar-refractivity contribution in [1.29, 1.82) is 0 Å². The van der Waals surface area contributed by atoms with Crippen molar-refractivity contribution < 1.29 is 9.90 Å². The van der Waals surface area contributed by atoms with Gasteiger partial charge in [-0.05, 0) is 26.7 Å². The highest BCUT2D eigenvalue weighted by Crippen LogP contribution is 2.22. The fraction of sp³-hybridized carbons (Fsp3) is 0.615. The van der Waals surface area contributed by atoms with E-state index in [4.69, 9.17) is 0 Å². The van der Waals surface area contributed by atoms with Crippen molar-refractivity contribution in [2.75, 3.05) is 25.0 Å². The Morgan fingerprint density at radius 3 is 2.63 bits per heavy atom. The van der Waals surface area contributed by atoms with Crippen LogP contribution in [0.1, 0.15) is 37.2 Å². The lowest BCUT2D eigenvalue weighted by Gasteiger charge is -2.35. The normalized spacial score (nSPS) is 18.2. The molecule has 1 amide bonds. The van der Waals surface area contributed by atoms with Crippen LogP contribution in [0.2, 0.25) is 0 Å². The summed E-state index contributed by atoms with van der Waals surface area (Å²) in [6.45, 7) is 5.66. The van der Waals surface area contributed by atoms with Gasteiger partial charge in [-0.15, -0.1) is 0 Å². The number of hydrogen-bond acceptors (Lipinski definition) is 5. The molecule has 1 aromatic rings. The monoisotopic (exact) mass is 264 g/mol. The molecule has 1 fully saturated rings. The molecule has 0 spiro atoms. The number of rotatable bonds is 3. The third-order valence-corrected chi connectivity index (χ3v) is 3.36. The van der Waals surface area contributed by atoms with Gasteiger partial charge in [0.25, 0.3) is 5.91 Å². The smallest absolute Gasteiger partial charge is 0.274 e. The van der Waals surface area contributed by atoms with E-state index in [0.717, 1.165) is 6.54 Å². The van der Waals surface area contributed by atoms with Crippen LogP contribution in [-0.2, 0) is 0 Å². The topological polar surface area (TPSA) is 78.4 Å². The minimum absolute atomic E-state index is 0.119. The van der Waals surface area contributed by atoms with Crippen LogP contribution >= 0.6 is 0 Å². The van der Waals surface area contributed by atoms with Crippen molar-refractivity contribution in [2.24, 2.45) is 0 Å². The van der Waals surface area contributed by atoms with Crippen molar-refractivity contribution >= 4 is 11.7 Å². The van der Waals surface area contributed by atoms with E-state index in [2.05, 4.69) is 15.3 Å². The fourth-order valence-electron chi connectivity index (χ4n) is 2.06. The number of nitrogens with zero attached hydrogens (tertiary/aromatic N) is 3. The lowest BCUT2D eigenvalue weighted by atomic mass is 9.94. The first-order chi connectivity index (χ1) is 9.02. The van der Waals surface area contributed by atoms with Crippen molar-refractivity contribution in [3.63, 3.8) is 0 Å². The van der Waals surface area contributed by atoms with Gasteiger partial charge in [-0.25, -0.2) is 9.97 Å². The number of aromatic nitrogens is 2. The Bertz CT molecular complexity index is 434. The number of aliphatic hydroxyl groups is 1. The predicted octanol–water partition coefficient (Wildman–Crippen LogP) is 0.895. The zero-order chi connectivity index (χ0) is 13.9. The number of piperidine rings is 1. The number of amides is 1. The molecule has 0 unspecified atom stereocenters. The van der Waals surface area contributed by atoms with Gasteiger partial charge in [0.2, 0.25) is 0 Å². The second-order valence-corrected chi connectivity index (χ2v) is 5.11. The average Bonchev–Trinajstić information content (AvgIpc) is 2.39. The molecule has 2 rings (SSSR count). The lowest BCUT2D eigenvalue weighted by Crippen LogP contribution is -2.45. The molecule has 0 saturated carbocycles. The van der Waals surface area contributed by atoms with Crippen LogP contribution in [0, 0.1) is 0 Å². The van der Waals surface area contributed by atoms with Crippen LogP contribution in [0.15, 0.2) is 12.4 Å². The molecule has 1 aliphatic rings. The predicted molar refractivity (Wildman–Crippen MR) is 72.0 cm³/mol. The van der Waals surface area contributed by atoms with Gasteiger partial charge in [-0.3, -0.25) is 4.79 Å². The van der Waals surface area contributed by atoms with Crippen molar-refractivity contribution in [3.8, 4) is 0 Å². The summed E-state index contributed by atoms with van der Waals surface area (Å²) in [4.78, 5) is 22.2. The maximum Gasteiger partial charge on any atom is 0.274 e. The molecule has 2 N–H and O–H groups in total. The van der Waals surface area contributed by atoms with Gasteiger partial charge in [0.1, 0.15) is 11.5 Å². The molecular weight excluding hydrogens is 244 g/mol. The number of hydrogen-bond donors (Lipinski definition) is 2. The van der Waals surface area contributed by atoms with E-state index < -0.39 is 5.60 Å². The quantitative estimate of drug-likeness (QED) is 0.848. The summed E-state index contributed by atoms with van der Waals surface area (Å²) in [6.07, 6.45) is 4.26. The molecule has 1 aliphatic heterocycles. The molecule has 0 radical (unpaired) electrons. The van der Waals surface area contributed by atoms with Gasteiger partial charge in [0.15, 0.2) is 0 Å². The summed E-state index contributed by atoms with van der Waals surface area (Å²) in [5, 5.41) is 12.9. The van der Waals surface area contributed by atoms with Gasteiger partial charge in [0.05, 0.1) is 18.0 Å². The Morgan fingerprint density at radius 2 is 2.11 bits per heavy atom. The third-order valence-electron chi connectivity index (χ3n) is 3.36. The van der Waals surface area contributed by atoms with Crippen LogP contribution in [0.3, 0.4) is 0 Å². The second kappa shape index (κ2) is 5.52. The number of carbonyl (C=O) groups excluding carboxylic acids is 1. The highest BCUT2D eigenvalue weighted by atomic mass is 16.3. The first-order valence-corrected chi connectivity index (χ1v) is 6.59. The second-order valence-electron chi connectivity index (χ2n) is 5.11. The summed E-state index contributed by atoms with van der Waals surface area (Å²) >= 11 is 0. The molecule has 0 aliphatic carbocycles. The van der Waals surface area contributed by atoms with E-state index in [0.29, 0.717) is 37.4 Å². The summed E-state index contributed by atoms with van der Waals surface area (Å²) in [5.41, 5.74) is -0.305. The number of likely N-dealkylation sites (tertiary alicyclic amines) is 1. The zero-order valence-corrected chi connectivity index (χ0v) is 11.4. The summed E-state index contributed by atoms with van der Waals surface area (Å²) in [5.74, 6) is 0.548. The first-order valence-electron chi connectivity index (χ1n) is 6.59. The molecule has 19 heavy (non-hydrogen) atoms. The molecular formula is C13H20N4O2. The molecule has 104 valence electrons. The average molecular weight is 264 g/mol. The van der Waals surface area contributed by atoms with E-state index in [1.54, 1.807) is 18.0 Å². The van der Waals surface area contributed by atoms with Crippen LogP contribution in [-0.4, -0.2) is 51.1 Å². The summed E-state index contributed by atoms with van der Waals surface area (Å²) in [7, 11) is 0. The largest absolute Gasteiger partial charge is 0.390 e. The van der Waals surface area contributed by atoms with E-state index >= 15 is 0 Å². The molecule has 6 heteroatoms. The van der Waals surface area contributed by atoms with Gasteiger partial charge >= 0.3 is 0 Å². The Kier molecular flexibility index (Phi) is 3.99. The minimum Gasteiger partial charge on any atom is -0.390 e. The van der Waals surface area contributed by atoms with Gasteiger partial charge in [-0.2, -0.15) is 0 Å². The van der Waals surface area contributed by atoms with Crippen LogP contribution in [0.5, 0.6) is 0 Å². The molecule has 1 saturated heterocycles. The fourth-order valence-corrected chi connectivity index (χ4v) is 2.06. The van der Waals surface area contributed by atoms with E-state index in [9.17, 15) is 9.90 Å². The Balaban J connectivity index is 2.00. The van der Waals surface area contributed by atoms with Crippen LogP contribution in [0.25, 0.3) is 0 Å². The summed E-state index contributed by atoms with van der Waals surface area (Å²) in [6, 6.07) is 0. The Labute approximate surface area is 112 Å². The van der Waals surface area contributed by atoms with Gasteiger partial charge in [0, 0.05) is 19.6 Å². The maximum atomic E-state index is 12.2. The number of nitrogens with one attached hydrogen (secondary N) is 1. The number of carbonyl (C=O) groups is 1. The van der Waals surface area contributed by atoms with E-state index in [1.165, 1.54) is 6.20 Å². The zero-order valence-electron chi connectivity index (χ0n) is 11.4.